The first-order valence-electron chi connectivity index (χ1n) is 8.72. The summed E-state index contributed by atoms with van der Waals surface area (Å²) >= 11 is 7.53. The van der Waals surface area contributed by atoms with E-state index in [4.69, 9.17) is 16.6 Å². The van der Waals surface area contributed by atoms with Crippen LogP contribution in [-0.4, -0.2) is 21.5 Å². The van der Waals surface area contributed by atoms with Crippen molar-refractivity contribution in [3.05, 3.63) is 74.5 Å². The highest BCUT2D eigenvalue weighted by atomic mass is 35.5. The van der Waals surface area contributed by atoms with Crippen LogP contribution in [0.15, 0.2) is 53.2 Å². The normalized spacial score (nSPS) is 23.9. The van der Waals surface area contributed by atoms with Crippen LogP contribution in [-0.2, 0) is 9.59 Å². The van der Waals surface area contributed by atoms with Gasteiger partial charge in [-0.25, -0.2) is 4.98 Å². The SMILES string of the molecule is Cc1sc(C2C=CC(Cl)=CC2)nc1C1C(=O)C/C(=C/c2ccccn2)C1=O. The molecule has 4 rings (SSSR count). The maximum atomic E-state index is 12.9. The number of hydrogen-bond donors (Lipinski definition) is 0. The molecule has 0 amide bonds. The summed E-state index contributed by atoms with van der Waals surface area (Å²) < 4.78 is 0. The van der Waals surface area contributed by atoms with E-state index in [1.807, 2.05) is 43.4 Å². The van der Waals surface area contributed by atoms with Gasteiger partial charge in [0.15, 0.2) is 11.6 Å². The van der Waals surface area contributed by atoms with Crippen LogP contribution < -0.4 is 0 Å². The predicted octanol–water partition coefficient (Wildman–Crippen LogP) is 4.72. The smallest absolute Gasteiger partial charge is 0.175 e. The minimum atomic E-state index is -0.795. The minimum absolute atomic E-state index is 0.0933. The van der Waals surface area contributed by atoms with Gasteiger partial charge in [0.2, 0.25) is 0 Å². The monoisotopic (exact) mass is 396 g/mol. The lowest BCUT2D eigenvalue weighted by atomic mass is 9.99. The molecule has 1 fully saturated rings. The maximum Gasteiger partial charge on any atom is 0.175 e. The number of Topliss-reactive ketones (excluding diaryl/α,β-unsaturated/α-hetero) is 2. The van der Waals surface area contributed by atoms with Crippen LogP contribution in [0.25, 0.3) is 6.08 Å². The summed E-state index contributed by atoms with van der Waals surface area (Å²) in [7, 11) is 0. The Morgan fingerprint density at radius 2 is 2.15 bits per heavy atom. The molecule has 2 atom stereocenters. The van der Waals surface area contributed by atoms with Crippen molar-refractivity contribution >= 4 is 40.6 Å². The van der Waals surface area contributed by atoms with Gasteiger partial charge in [0, 0.05) is 34.0 Å². The van der Waals surface area contributed by atoms with E-state index in [0.717, 1.165) is 21.3 Å². The lowest BCUT2D eigenvalue weighted by Crippen LogP contribution is -2.14. The van der Waals surface area contributed by atoms with Crippen molar-refractivity contribution in [1.29, 1.82) is 0 Å². The van der Waals surface area contributed by atoms with Crippen molar-refractivity contribution in [1.82, 2.24) is 9.97 Å². The molecule has 0 saturated heterocycles. The number of nitrogens with zero attached hydrogens (tertiary/aromatic N) is 2. The Labute approximate surface area is 166 Å². The van der Waals surface area contributed by atoms with Gasteiger partial charge in [0.25, 0.3) is 0 Å². The molecule has 0 aromatic carbocycles. The third-order valence-electron chi connectivity index (χ3n) is 4.77. The molecule has 2 heterocycles. The van der Waals surface area contributed by atoms with E-state index in [-0.39, 0.29) is 23.9 Å². The molecule has 0 bridgehead atoms. The van der Waals surface area contributed by atoms with Gasteiger partial charge in [-0.1, -0.05) is 29.8 Å². The van der Waals surface area contributed by atoms with Crippen LogP contribution >= 0.6 is 22.9 Å². The molecule has 2 aliphatic rings. The fourth-order valence-corrected chi connectivity index (χ4v) is 4.59. The van der Waals surface area contributed by atoms with Crippen LogP contribution in [0, 0.1) is 6.92 Å². The van der Waals surface area contributed by atoms with Gasteiger partial charge in [0.05, 0.1) is 11.4 Å². The average Bonchev–Trinajstić information content (AvgIpc) is 3.16. The van der Waals surface area contributed by atoms with Crippen molar-refractivity contribution in [3.8, 4) is 0 Å². The molecular formula is C21H17ClN2O2S. The number of carbonyl (C=O) groups excluding carboxylic acids is 2. The summed E-state index contributed by atoms with van der Waals surface area (Å²) in [6, 6.07) is 5.49. The Morgan fingerprint density at radius 1 is 1.30 bits per heavy atom. The van der Waals surface area contributed by atoms with Crippen molar-refractivity contribution < 1.29 is 9.59 Å². The standard InChI is InChI=1S/C21H17ClN2O2S/c1-12-19(24-21(27-12)13-5-7-15(22)8-6-13)18-17(25)11-14(20(18)26)10-16-4-2-3-9-23-16/h2-5,7-10,13,18H,6,11H2,1H3/b14-10-. The van der Waals surface area contributed by atoms with Crippen molar-refractivity contribution in [3.63, 3.8) is 0 Å². The molecule has 2 aromatic rings. The molecule has 2 aromatic heterocycles. The van der Waals surface area contributed by atoms with Gasteiger partial charge < -0.3 is 0 Å². The van der Waals surface area contributed by atoms with E-state index in [0.29, 0.717) is 17.0 Å². The highest BCUT2D eigenvalue weighted by molar-refractivity contribution is 7.11. The van der Waals surface area contributed by atoms with E-state index >= 15 is 0 Å². The summed E-state index contributed by atoms with van der Waals surface area (Å²) in [6.07, 6.45) is 10.1. The predicted molar refractivity (Wildman–Crippen MR) is 107 cm³/mol. The average molecular weight is 397 g/mol. The number of thiazole rings is 1. The topological polar surface area (TPSA) is 59.9 Å². The third-order valence-corrected chi connectivity index (χ3v) is 6.17. The molecule has 0 aliphatic heterocycles. The second-order valence-corrected chi connectivity index (χ2v) is 8.32. The molecule has 1 saturated carbocycles. The van der Waals surface area contributed by atoms with Crippen LogP contribution in [0.3, 0.4) is 0 Å². The first-order chi connectivity index (χ1) is 13.0. The summed E-state index contributed by atoms with van der Waals surface area (Å²) in [5, 5.41) is 1.65. The van der Waals surface area contributed by atoms with Crippen molar-refractivity contribution in [2.45, 2.75) is 31.6 Å². The summed E-state index contributed by atoms with van der Waals surface area (Å²) in [5.74, 6) is -0.909. The number of ketones is 2. The molecule has 136 valence electrons. The lowest BCUT2D eigenvalue weighted by molar-refractivity contribution is -0.123. The van der Waals surface area contributed by atoms with Crippen LogP contribution in [0.5, 0.6) is 0 Å². The third kappa shape index (κ3) is 3.57. The van der Waals surface area contributed by atoms with Gasteiger partial charge in [0.1, 0.15) is 10.9 Å². The molecule has 0 spiro atoms. The van der Waals surface area contributed by atoms with Crippen molar-refractivity contribution in [2.75, 3.05) is 0 Å². The number of rotatable bonds is 3. The number of carbonyl (C=O) groups is 2. The molecule has 4 nitrogen and oxygen atoms in total. The largest absolute Gasteiger partial charge is 0.298 e. The Kier molecular flexibility index (Phi) is 4.89. The van der Waals surface area contributed by atoms with Crippen molar-refractivity contribution in [2.24, 2.45) is 0 Å². The number of halogens is 1. The van der Waals surface area contributed by atoms with E-state index in [9.17, 15) is 9.59 Å². The fourth-order valence-electron chi connectivity index (χ4n) is 3.38. The molecule has 0 N–H and O–H groups in total. The van der Waals surface area contributed by atoms with Gasteiger partial charge in [-0.2, -0.15) is 0 Å². The second-order valence-electron chi connectivity index (χ2n) is 6.65. The summed E-state index contributed by atoms with van der Waals surface area (Å²) in [5.41, 5.74) is 1.79. The lowest BCUT2D eigenvalue weighted by Gasteiger charge is -2.10. The van der Waals surface area contributed by atoms with E-state index < -0.39 is 5.92 Å². The molecule has 2 aliphatic carbocycles. The first kappa shape index (κ1) is 18.0. The number of hydrogen-bond acceptors (Lipinski definition) is 5. The summed E-state index contributed by atoms with van der Waals surface area (Å²) in [4.78, 5) is 35.3. The minimum Gasteiger partial charge on any atom is -0.298 e. The van der Waals surface area contributed by atoms with Gasteiger partial charge in [-0.05, 0) is 37.6 Å². The zero-order valence-electron chi connectivity index (χ0n) is 14.7. The van der Waals surface area contributed by atoms with Gasteiger partial charge in [-0.15, -0.1) is 11.3 Å². The van der Waals surface area contributed by atoms with E-state index in [1.54, 1.807) is 23.6 Å². The number of aryl methyl sites for hydroxylation is 1. The first-order valence-corrected chi connectivity index (χ1v) is 9.92. The fraction of sp³-hybridized carbons (Fsp3) is 0.238. The quantitative estimate of drug-likeness (QED) is 0.556. The Balaban J connectivity index is 1.62. The zero-order chi connectivity index (χ0) is 19.0. The maximum absolute atomic E-state index is 12.9. The van der Waals surface area contributed by atoms with Crippen LogP contribution in [0.2, 0.25) is 0 Å². The molecule has 27 heavy (non-hydrogen) atoms. The number of pyridine rings is 1. The van der Waals surface area contributed by atoms with Crippen LogP contribution in [0.1, 0.15) is 46.0 Å². The highest BCUT2D eigenvalue weighted by Gasteiger charge is 2.41. The van der Waals surface area contributed by atoms with E-state index in [1.165, 1.54) is 0 Å². The van der Waals surface area contributed by atoms with Crippen LogP contribution in [0.4, 0.5) is 0 Å². The molecule has 6 heteroatoms. The van der Waals surface area contributed by atoms with E-state index in [2.05, 4.69) is 4.98 Å². The zero-order valence-corrected chi connectivity index (χ0v) is 16.3. The number of aromatic nitrogens is 2. The number of allylic oxidation sites excluding steroid dienone is 5. The van der Waals surface area contributed by atoms with Gasteiger partial charge >= 0.3 is 0 Å². The molecule has 2 unspecified atom stereocenters. The van der Waals surface area contributed by atoms with Gasteiger partial charge in [-0.3, -0.25) is 14.6 Å². The Hall–Kier alpha value is -2.37. The Bertz CT molecular complexity index is 1000. The Morgan fingerprint density at radius 3 is 2.85 bits per heavy atom. The second kappa shape index (κ2) is 7.33. The molecule has 0 radical (unpaired) electrons. The highest BCUT2D eigenvalue weighted by Crippen LogP contribution is 2.38. The summed E-state index contributed by atoms with van der Waals surface area (Å²) in [6.45, 7) is 1.92. The molecular weight excluding hydrogens is 380 g/mol.